The quantitative estimate of drug-likeness (QED) is 0.211. The maximum atomic E-state index is 10.8. The highest BCUT2D eigenvalue weighted by molar-refractivity contribution is 6.30. The van der Waals surface area contributed by atoms with Gasteiger partial charge in [-0.05, 0) is 12.5 Å². The van der Waals surface area contributed by atoms with Crippen molar-refractivity contribution in [3.63, 3.8) is 0 Å². The Kier molecular flexibility index (Phi) is 5.02. The van der Waals surface area contributed by atoms with E-state index in [1.54, 1.807) is 0 Å². The van der Waals surface area contributed by atoms with Crippen molar-refractivity contribution in [2.45, 2.75) is 19.1 Å². The standard InChI is InChI=1S/C9H10ClN5O4/c1-4-6(15(18)19)2-5(9(10)13-4)8(17)7(16)3-12-14-11/h2,7-8,16-17H,3H2,1H3. The van der Waals surface area contributed by atoms with E-state index < -0.39 is 23.7 Å². The first-order valence-electron chi connectivity index (χ1n) is 5.07. The molecule has 0 fully saturated rings. The van der Waals surface area contributed by atoms with E-state index in [9.17, 15) is 20.3 Å². The summed E-state index contributed by atoms with van der Waals surface area (Å²) in [6.07, 6.45) is -2.97. The second-order valence-corrected chi connectivity index (χ2v) is 4.01. The molecule has 0 aliphatic carbocycles. The van der Waals surface area contributed by atoms with Crippen LogP contribution in [0.25, 0.3) is 10.4 Å². The largest absolute Gasteiger partial charge is 0.390 e. The highest BCUT2D eigenvalue weighted by Crippen LogP contribution is 2.29. The van der Waals surface area contributed by atoms with Crippen LogP contribution >= 0.6 is 11.6 Å². The molecule has 0 bridgehead atoms. The Hall–Kier alpha value is -1.93. The van der Waals surface area contributed by atoms with Crippen molar-refractivity contribution in [3.8, 4) is 0 Å². The summed E-state index contributed by atoms with van der Waals surface area (Å²) < 4.78 is 0. The van der Waals surface area contributed by atoms with E-state index in [2.05, 4.69) is 15.0 Å². The normalized spacial score (nSPS) is 13.5. The number of hydrogen-bond donors (Lipinski definition) is 2. The highest BCUT2D eigenvalue weighted by Gasteiger charge is 2.25. The van der Waals surface area contributed by atoms with Gasteiger partial charge in [0.05, 0.1) is 17.6 Å². The molecular formula is C9H10ClN5O4. The summed E-state index contributed by atoms with van der Waals surface area (Å²) in [5.74, 6) is 0. The molecule has 0 saturated heterocycles. The highest BCUT2D eigenvalue weighted by atomic mass is 35.5. The summed E-state index contributed by atoms with van der Waals surface area (Å²) in [6.45, 7) is 1.01. The van der Waals surface area contributed by atoms with Gasteiger partial charge in [-0.2, -0.15) is 0 Å². The molecule has 1 rings (SSSR count). The van der Waals surface area contributed by atoms with Crippen molar-refractivity contribution in [2.24, 2.45) is 5.11 Å². The van der Waals surface area contributed by atoms with Crippen LogP contribution in [-0.4, -0.2) is 32.8 Å². The summed E-state index contributed by atoms with van der Waals surface area (Å²) >= 11 is 5.77. The van der Waals surface area contributed by atoms with Crippen LogP contribution in [-0.2, 0) is 0 Å². The summed E-state index contributed by atoms with van der Waals surface area (Å²) in [5, 5.41) is 33.1. The van der Waals surface area contributed by atoms with E-state index in [0.717, 1.165) is 6.07 Å². The van der Waals surface area contributed by atoms with Gasteiger partial charge in [-0.1, -0.05) is 16.7 Å². The molecule has 102 valence electrons. The molecule has 10 heteroatoms. The third-order valence-electron chi connectivity index (χ3n) is 2.38. The Labute approximate surface area is 112 Å². The number of nitrogens with zero attached hydrogens (tertiary/aromatic N) is 5. The molecule has 1 aromatic rings. The summed E-state index contributed by atoms with van der Waals surface area (Å²) in [4.78, 5) is 16.2. The zero-order chi connectivity index (χ0) is 14.6. The lowest BCUT2D eigenvalue weighted by molar-refractivity contribution is -0.385. The average Bonchev–Trinajstić information content (AvgIpc) is 2.34. The van der Waals surface area contributed by atoms with Crippen LogP contribution in [0.1, 0.15) is 17.4 Å². The zero-order valence-electron chi connectivity index (χ0n) is 9.76. The Morgan fingerprint density at radius 2 is 2.32 bits per heavy atom. The summed E-state index contributed by atoms with van der Waals surface area (Å²) in [5.41, 5.74) is 7.78. The second kappa shape index (κ2) is 6.30. The lowest BCUT2D eigenvalue weighted by Crippen LogP contribution is -2.22. The minimum absolute atomic E-state index is 0.0930. The first-order valence-corrected chi connectivity index (χ1v) is 5.44. The Morgan fingerprint density at radius 3 is 2.84 bits per heavy atom. The van der Waals surface area contributed by atoms with Crippen LogP contribution < -0.4 is 0 Å². The molecule has 0 aliphatic rings. The number of aliphatic hydroxyl groups excluding tert-OH is 2. The third kappa shape index (κ3) is 3.52. The molecule has 0 aromatic carbocycles. The van der Waals surface area contributed by atoms with Crippen molar-refractivity contribution in [3.05, 3.63) is 43.0 Å². The van der Waals surface area contributed by atoms with Gasteiger partial charge in [-0.25, -0.2) is 4.98 Å². The van der Waals surface area contributed by atoms with Gasteiger partial charge in [-0.3, -0.25) is 10.1 Å². The third-order valence-corrected chi connectivity index (χ3v) is 2.68. The first kappa shape index (κ1) is 15.1. The number of aromatic nitrogens is 1. The van der Waals surface area contributed by atoms with Crippen LogP contribution in [0.5, 0.6) is 0 Å². The van der Waals surface area contributed by atoms with Gasteiger partial charge in [0.1, 0.15) is 17.0 Å². The van der Waals surface area contributed by atoms with E-state index >= 15 is 0 Å². The van der Waals surface area contributed by atoms with E-state index in [-0.39, 0.29) is 22.1 Å². The SMILES string of the molecule is Cc1nc(Cl)c(C(O)C(O)CN=[N+]=[N-])cc1[N+](=O)[O-]. The van der Waals surface area contributed by atoms with Gasteiger partial charge in [0.25, 0.3) is 5.69 Å². The van der Waals surface area contributed by atoms with E-state index in [1.165, 1.54) is 6.92 Å². The number of aryl methyl sites for hydroxylation is 1. The molecule has 0 spiro atoms. The fourth-order valence-corrected chi connectivity index (χ4v) is 1.69. The summed E-state index contributed by atoms with van der Waals surface area (Å²) in [7, 11) is 0. The van der Waals surface area contributed by atoms with Crippen LogP contribution in [0.15, 0.2) is 11.2 Å². The van der Waals surface area contributed by atoms with Crippen LogP contribution in [0.3, 0.4) is 0 Å². The van der Waals surface area contributed by atoms with Gasteiger partial charge >= 0.3 is 0 Å². The maximum Gasteiger partial charge on any atom is 0.290 e. The van der Waals surface area contributed by atoms with Crippen molar-refractivity contribution < 1.29 is 15.1 Å². The minimum atomic E-state index is -1.54. The average molecular weight is 288 g/mol. The molecule has 2 atom stereocenters. The van der Waals surface area contributed by atoms with Crippen molar-refractivity contribution >= 4 is 17.3 Å². The molecule has 0 saturated carbocycles. The predicted octanol–water partition coefficient (Wildman–Crippen LogP) is 1.66. The lowest BCUT2D eigenvalue weighted by Gasteiger charge is -2.17. The Bertz CT molecular complexity index is 546. The van der Waals surface area contributed by atoms with Crippen molar-refractivity contribution in [1.82, 2.24) is 4.98 Å². The smallest absolute Gasteiger partial charge is 0.290 e. The number of aliphatic hydroxyl groups is 2. The predicted molar refractivity (Wildman–Crippen MR) is 65.6 cm³/mol. The molecule has 0 aliphatic heterocycles. The monoisotopic (exact) mass is 287 g/mol. The van der Waals surface area contributed by atoms with Crippen LogP contribution in [0.4, 0.5) is 5.69 Å². The van der Waals surface area contributed by atoms with Crippen LogP contribution in [0.2, 0.25) is 5.15 Å². The molecule has 2 N–H and O–H groups in total. The fourth-order valence-electron chi connectivity index (χ4n) is 1.40. The van der Waals surface area contributed by atoms with Crippen molar-refractivity contribution in [1.29, 1.82) is 0 Å². The molecule has 0 amide bonds. The van der Waals surface area contributed by atoms with Crippen molar-refractivity contribution in [2.75, 3.05) is 6.54 Å². The number of rotatable bonds is 5. The van der Waals surface area contributed by atoms with Gasteiger partial charge in [0.2, 0.25) is 0 Å². The molecule has 1 heterocycles. The number of halogens is 1. The van der Waals surface area contributed by atoms with Gasteiger partial charge in [-0.15, -0.1) is 0 Å². The van der Waals surface area contributed by atoms with Gasteiger partial charge in [0.15, 0.2) is 0 Å². The van der Waals surface area contributed by atoms with Gasteiger partial charge < -0.3 is 10.2 Å². The molecular weight excluding hydrogens is 278 g/mol. The molecule has 0 radical (unpaired) electrons. The molecule has 19 heavy (non-hydrogen) atoms. The molecule has 9 nitrogen and oxygen atoms in total. The lowest BCUT2D eigenvalue weighted by atomic mass is 10.1. The second-order valence-electron chi connectivity index (χ2n) is 3.66. The van der Waals surface area contributed by atoms with E-state index in [1.807, 2.05) is 0 Å². The Balaban J connectivity index is 3.15. The number of pyridine rings is 1. The maximum absolute atomic E-state index is 10.8. The number of hydrogen-bond acceptors (Lipinski definition) is 6. The topological polar surface area (TPSA) is 145 Å². The van der Waals surface area contributed by atoms with Crippen LogP contribution in [0, 0.1) is 17.0 Å². The minimum Gasteiger partial charge on any atom is -0.390 e. The fraction of sp³-hybridized carbons (Fsp3) is 0.444. The number of azide groups is 1. The molecule has 2 unspecified atom stereocenters. The van der Waals surface area contributed by atoms with E-state index in [0.29, 0.717) is 0 Å². The Morgan fingerprint density at radius 1 is 1.68 bits per heavy atom. The zero-order valence-corrected chi connectivity index (χ0v) is 10.5. The van der Waals surface area contributed by atoms with Gasteiger partial charge in [0, 0.05) is 16.5 Å². The molecule has 1 aromatic heterocycles. The first-order chi connectivity index (χ1) is 8.88. The van der Waals surface area contributed by atoms with E-state index in [4.69, 9.17) is 17.1 Å². The number of nitro groups is 1. The summed E-state index contributed by atoms with van der Waals surface area (Å²) in [6, 6.07) is 1.04.